The second kappa shape index (κ2) is 7.19. The van der Waals surface area contributed by atoms with Crippen molar-refractivity contribution in [1.82, 2.24) is 0 Å². The predicted molar refractivity (Wildman–Crippen MR) is 94.9 cm³/mol. The summed E-state index contributed by atoms with van der Waals surface area (Å²) in [6, 6.07) is 14.3. The molecule has 0 heterocycles. The third kappa shape index (κ3) is 4.36. The Bertz CT molecular complexity index is 816. The molecule has 0 aliphatic heterocycles. The number of thioether (sulfide) groups is 1. The Balaban J connectivity index is 2.25. The molecule has 0 aliphatic carbocycles. The number of carbonyl (C=O) groups is 1. The molecular formula is C17H19NO3S2. The highest BCUT2D eigenvalue weighted by Gasteiger charge is 2.18. The Morgan fingerprint density at radius 2 is 1.83 bits per heavy atom. The minimum atomic E-state index is -3.35. The average molecular weight is 349 g/mol. The minimum Gasteiger partial charge on any atom is -0.315 e. The molecule has 0 atom stereocenters. The number of sulfone groups is 1. The first-order chi connectivity index (χ1) is 10.8. The van der Waals surface area contributed by atoms with Gasteiger partial charge in [-0.1, -0.05) is 24.3 Å². The van der Waals surface area contributed by atoms with Gasteiger partial charge in [0.05, 0.1) is 11.3 Å². The van der Waals surface area contributed by atoms with Crippen LogP contribution in [0, 0.1) is 0 Å². The molecule has 122 valence electrons. The van der Waals surface area contributed by atoms with Gasteiger partial charge in [-0.05, 0) is 36.1 Å². The highest BCUT2D eigenvalue weighted by Crippen LogP contribution is 2.23. The topological polar surface area (TPSA) is 54.5 Å². The van der Waals surface area contributed by atoms with E-state index in [2.05, 4.69) is 0 Å². The van der Waals surface area contributed by atoms with E-state index in [1.54, 1.807) is 41.9 Å². The fourth-order valence-corrected chi connectivity index (χ4v) is 3.65. The van der Waals surface area contributed by atoms with Crippen LogP contribution in [0.5, 0.6) is 0 Å². The van der Waals surface area contributed by atoms with E-state index in [1.807, 2.05) is 30.5 Å². The van der Waals surface area contributed by atoms with Crippen molar-refractivity contribution < 1.29 is 13.2 Å². The number of likely N-dealkylation sites (N-methyl/N-ethyl adjacent to an activating group) is 1. The van der Waals surface area contributed by atoms with Gasteiger partial charge in [0.2, 0.25) is 5.91 Å². The first-order valence-electron chi connectivity index (χ1n) is 7.01. The zero-order chi connectivity index (χ0) is 17.0. The maximum Gasteiger partial charge on any atom is 0.231 e. The molecule has 23 heavy (non-hydrogen) atoms. The Hall–Kier alpha value is -1.79. The van der Waals surface area contributed by atoms with Crippen LogP contribution in [-0.2, 0) is 21.1 Å². The van der Waals surface area contributed by atoms with Crippen LogP contribution >= 0.6 is 11.8 Å². The van der Waals surface area contributed by atoms with E-state index < -0.39 is 9.84 Å². The number of benzene rings is 2. The summed E-state index contributed by atoms with van der Waals surface area (Å²) in [5, 5.41) is 0. The zero-order valence-corrected chi connectivity index (χ0v) is 14.9. The summed E-state index contributed by atoms with van der Waals surface area (Å²) >= 11 is 1.60. The molecule has 0 spiro atoms. The van der Waals surface area contributed by atoms with Gasteiger partial charge in [0.15, 0.2) is 9.84 Å². The molecule has 0 unspecified atom stereocenters. The zero-order valence-electron chi connectivity index (χ0n) is 13.3. The molecule has 0 radical (unpaired) electrons. The lowest BCUT2D eigenvalue weighted by molar-refractivity contribution is -0.117. The summed E-state index contributed by atoms with van der Waals surface area (Å²) in [7, 11) is -1.65. The highest BCUT2D eigenvalue weighted by molar-refractivity contribution is 7.98. The van der Waals surface area contributed by atoms with Crippen LogP contribution in [0.2, 0.25) is 0 Å². The third-order valence-electron chi connectivity index (χ3n) is 3.53. The van der Waals surface area contributed by atoms with Gasteiger partial charge in [-0.25, -0.2) is 8.42 Å². The number of rotatable bonds is 5. The quantitative estimate of drug-likeness (QED) is 0.779. The first-order valence-corrected chi connectivity index (χ1v) is 10.1. The number of nitrogens with zero attached hydrogens (tertiary/aromatic N) is 1. The molecule has 0 aromatic heterocycles. The number of carbonyl (C=O) groups excluding carboxylic acids is 1. The Morgan fingerprint density at radius 3 is 2.48 bits per heavy atom. The fourth-order valence-electron chi connectivity index (χ4n) is 2.26. The minimum absolute atomic E-state index is 0.0449. The van der Waals surface area contributed by atoms with Crippen LogP contribution in [0.25, 0.3) is 0 Å². The van der Waals surface area contributed by atoms with Crippen molar-refractivity contribution in [2.45, 2.75) is 16.2 Å². The molecule has 0 saturated carbocycles. The van der Waals surface area contributed by atoms with Crippen molar-refractivity contribution in [3.8, 4) is 0 Å². The number of hydrogen-bond donors (Lipinski definition) is 0. The molecule has 2 aromatic rings. The Morgan fingerprint density at radius 1 is 1.13 bits per heavy atom. The second-order valence-electron chi connectivity index (χ2n) is 5.21. The summed E-state index contributed by atoms with van der Waals surface area (Å²) in [5.74, 6) is -0.153. The summed E-state index contributed by atoms with van der Waals surface area (Å²) in [5.41, 5.74) is 1.31. The third-order valence-corrected chi connectivity index (χ3v) is 5.45. The summed E-state index contributed by atoms with van der Waals surface area (Å²) in [4.78, 5) is 15.3. The van der Waals surface area contributed by atoms with Crippen LogP contribution in [0.3, 0.4) is 0 Å². The maximum atomic E-state index is 12.5. The lowest BCUT2D eigenvalue weighted by Gasteiger charge is -2.18. The molecule has 0 aliphatic rings. The van der Waals surface area contributed by atoms with Crippen molar-refractivity contribution >= 4 is 33.2 Å². The lowest BCUT2D eigenvalue weighted by Crippen LogP contribution is -2.28. The van der Waals surface area contributed by atoms with Crippen LogP contribution in [0.4, 0.5) is 5.69 Å². The van der Waals surface area contributed by atoms with Gasteiger partial charge in [0.1, 0.15) is 0 Å². The number of hydrogen-bond acceptors (Lipinski definition) is 4. The van der Waals surface area contributed by atoms with Gasteiger partial charge < -0.3 is 4.90 Å². The molecule has 2 aromatic carbocycles. The predicted octanol–water partition coefficient (Wildman–Crippen LogP) is 3.02. The lowest BCUT2D eigenvalue weighted by atomic mass is 10.1. The van der Waals surface area contributed by atoms with E-state index in [0.29, 0.717) is 5.56 Å². The van der Waals surface area contributed by atoms with Crippen LogP contribution in [0.15, 0.2) is 58.3 Å². The maximum absolute atomic E-state index is 12.5. The fraction of sp³-hybridized carbons (Fsp3) is 0.235. The molecule has 0 saturated heterocycles. The van der Waals surface area contributed by atoms with Gasteiger partial charge >= 0.3 is 0 Å². The van der Waals surface area contributed by atoms with Crippen LogP contribution in [0.1, 0.15) is 5.56 Å². The summed E-state index contributed by atoms with van der Waals surface area (Å²) in [6.45, 7) is 0. The van der Waals surface area contributed by atoms with Crippen molar-refractivity contribution in [2.75, 3.05) is 24.5 Å². The van der Waals surface area contributed by atoms with Gasteiger partial charge in [-0.3, -0.25) is 4.79 Å². The molecule has 2 rings (SSSR count). The molecule has 6 heteroatoms. The molecule has 0 fully saturated rings. The summed E-state index contributed by atoms with van der Waals surface area (Å²) < 4.78 is 23.7. The molecule has 4 nitrogen and oxygen atoms in total. The Labute approximate surface area is 141 Å². The molecule has 0 bridgehead atoms. The van der Waals surface area contributed by atoms with Gasteiger partial charge in [-0.2, -0.15) is 0 Å². The standard InChI is InChI=1S/C17H19NO3S2/c1-18(14-8-6-9-15(12-14)22-2)17(19)11-13-7-4-5-10-16(13)23(3,20)21/h4-10,12H,11H2,1-3H3. The second-order valence-corrected chi connectivity index (χ2v) is 8.07. The van der Waals surface area contributed by atoms with Gasteiger partial charge in [-0.15, -0.1) is 11.8 Å². The van der Waals surface area contributed by atoms with Crippen molar-refractivity contribution in [3.63, 3.8) is 0 Å². The van der Waals surface area contributed by atoms with Gasteiger partial charge in [0, 0.05) is 23.9 Å². The number of anilines is 1. The van der Waals surface area contributed by atoms with E-state index >= 15 is 0 Å². The van der Waals surface area contributed by atoms with E-state index in [-0.39, 0.29) is 17.2 Å². The molecule has 1 amide bonds. The van der Waals surface area contributed by atoms with Crippen molar-refractivity contribution in [1.29, 1.82) is 0 Å². The van der Waals surface area contributed by atoms with Gasteiger partial charge in [0.25, 0.3) is 0 Å². The summed E-state index contributed by atoms with van der Waals surface area (Å²) in [6.07, 6.45) is 3.18. The van der Waals surface area contributed by atoms with Crippen molar-refractivity contribution in [2.24, 2.45) is 0 Å². The molecule has 0 N–H and O–H groups in total. The number of amides is 1. The smallest absolute Gasteiger partial charge is 0.231 e. The molecular weight excluding hydrogens is 330 g/mol. The largest absolute Gasteiger partial charge is 0.315 e. The van der Waals surface area contributed by atoms with E-state index in [0.717, 1.165) is 16.8 Å². The monoisotopic (exact) mass is 349 g/mol. The van der Waals surface area contributed by atoms with Crippen LogP contribution in [-0.4, -0.2) is 33.9 Å². The van der Waals surface area contributed by atoms with E-state index in [9.17, 15) is 13.2 Å². The van der Waals surface area contributed by atoms with E-state index in [1.165, 1.54) is 6.07 Å². The average Bonchev–Trinajstić information content (AvgIpc) is 2.53. The van der Waals surface area contributed by atoms with E-state index in [4.69, 9.17) is 0 Å². The SMILES string of the molecule is CSc1cccc(N(C)C(=O)Cc2ccccc2S(C)(=O)=O)c1. The van der Waals surface area contributed by atoms with Crippen LogP contribution < -0.4 is 4.90 Å². The Kier molecular flexibility index (Phi) is 5.49. The first kappa shape index (κ1) is 17.6. The van der Waals surface area contributed by atoms with Crippen molar-refractivity contribution in [3.05, 3.63) is 54.1 Å². The highest BCUT2D eigenvalue weighted by atomic mass is 32.2. The normalized spacial score (nSPS) is 11.3.